The van der Waals surface area contributed by atoms with Crippen LogP contribution in [0.5, 0.6) is 0 Å². The summed E-state index contributed by atoms with van der Waals surface area (Å²) in [6.45, 7) is 6.78. The van der Waals surface area contributed by atoms with E-state index >= 15 is 0 Å². The van der Waals surface area contributed by atoms with Gasteiger partial charge < -0.3 is 14.1 Å². The second-order valence-corrected chi connectivity index (χ2v) is 8.35. The predicted molar refractivity (Wildman–Crippen MR) is 121 cm³/mol. The Bertz CT molecular complexity index is 1190. The maximum absolute atomic E-state index is 13.6. The zero-order valence-corrected chi connectivity index (χ0v) is 18.3. The molecule has 0 spiro atoms. The number of hydrogen-bond donors (Lipinski definition) is 0. The minimum Gasteiger partial charge on any atom is -0.450 e. The van der Waals surface area contributed by atoms with Gasteiger partial charge in [0.05, 0.1) is 30.2 Å². The molecule has 1 unspecified atom stereocenters. The van der Waals surface area contributed by atoms with E-state index in [1.54, 1.807) is 23.4 Å². The molecule has 0 radical (unpaired) electrons. The smallest absolute Gasteiger partial charge is 0.290 e. The summed E-state index contributed by atoms with van der Waals surface area (Å²) in [5.74, 6) is -0.0682. The topological polar surface area (TPSA) is 75.9 Å². The lowest BCUT2D eigenvalue weighted by Gasteiger charge is -2.29. The molecule has 4 heterocycles. The van der Waals surface area contributed by atoms with Gasteiger partial charge in [-0.3, -0.25) is 19.5 Å². The van der Waals surface area contributed by atoms with Crippen molar-refractivity contribution in [2.75, 3.05) is 39.4 Å². The van der Waals surface area contributed by atoms with Crippen LogP contribution in [0.2, 0.25) is 0 Å². The summed E-state index contributed by atoms with van der Waals surface area (Å²) in [7, 11) is 0. The second-order valence-electron chi connectivity index (χ2n) is 8.35. The van der Waals surface area contributed by atoms with Crippen molar-refractivity contribution in [1.82, 2.24) is 14.8 Å². The molecule has 5 rings (SSSR count). The third kappa shape index (κ3) is 3.72. The van der Waals surface area contributed by atoms with Crippen molar-refractivity contribution in [3.05, 3.63) is 75.4 Å². The maximum Gasteiger partial charge on any atom is 0.290 e. The minimum absolute atomic E-state index is 0.130. The second kappa shape index (κ2) is 8.84. The van der Waals surface area contributed by atoms with E-state index in [0.717, 1.165) is 56.8 Å². The van der Waals surface area contributed by atoms with Gasteiger partial charge in [-0.25, -0.2) is 0 Å². The molecule has 0 N–H and O–H groups in total. The fourth-order valence-electron chi connectivity index (χ4n) is 4.69. The lowest BCUT2D eigenvalue weighted by Crippen LogP contribution is -2.38. The first-order valence-electron chi connectivity index (χ1n) is 11.3. The Balaban J connectivity index is 1.53. The van der Waals surface area contributed by atoms with E-state index in [1.165, 1.54) is 0 Å². The average molecular weight is 434 g/mol. The fraction of sp³-hybridized carbons (Fsp3) is 0.400. The van der Waals surface area contributed by atoms with Gasteiger partial charge in [-0.05, 0) is 42.2 Å². The molecule has 7 heteroatoms. The molecular formula is C25H27N3O4. The molecule has 2 aromatic heterocycles. The summed E-state index contributed by atoms with van der Waals surface area (Å²) in [6.07, 6.45) is 5.06. The number of aryl methyl sites for hydroxylation is 1. The number of fused-ring (bicyclic) bond motifs is 2. The van der Waals surface area contributed by atoms with Crippen LogP contribution in [0.1, 0.15) is 46.6 Å². The van der Waals surface area contributed by atoms with Crippen LogP contribution in [0.25, 0.3) is 11.0 Å². The zero-order chi connectivity index (χ0) is 22.1. The molecule has 0 saturated carbocycles. The van der Waals surface area contributed by atoms with Gasteiger partial charge in [0.15, 0.2) is 5.43 Å². The van der Waals surface area contributed by atoms with Gasteiger partial charge in [0.2, 0.25) is 5.76 Å². The number of ether oxygens (including phenoxy) is 1. The van der Waals surface area contributed by atoms with E-state index in [-0.39, 0.29) is 17.1 Å². The summed E-state index contributed by atoms with van der Waals surface area (Å²) in [5.41, 5.74) is 2.64. The van der Waals surface area contributed by atoms with Gasteiger partial charge in [0.1, 0.15) is 5.58 Å². The fourth-order valence-corrected chi connectivity index (χ4v) is 4.69. The normalized spacial score (nSPS) is 19.0. The molecule has 1 aromatic carbocycles. The van der Waals surface area contributed by atoms with E-state index in [9.17, 15) is 9.59 Å². The van der Waals surface area contributed by atoms with Gasteiger partial charge in [-0.15, -0.1) is 0 Å². The van der Waals surface area contributed by atoms with Crippen LogP contribution in [-0.2, 0) is 11.2 Å². The third-order valence-electron chi connectivity index (χ3n) is 6.42. The van der Waals surface area contributed by atoms with Crippen LogP contribution in [0, 0.1) is 0 Å². The summed E-state index contributed by atoms with van der Waals surface area (Å²) in [5, 5.41) is 0.528. The number of amides is 1. The quantitative estimate of drug-likeness (QED) is 0.595. The largest absolute Gasteiger partial charge is 0.450 e. The van der Waals surface area contributed by atoms with Crippen LogP contribution in [0.15, 0.2) is 51.9 Å². The molecule has 1 fully saturated rings. The van der Waals surface area contributed by atoms with Gasteiger partial charge in [0, 0.05) is 38.6 Å². The monoisotopic (exact) mass is 433 g/mol. The number of benzene rings is 1. The third-order valence-corrected chi connectivity index (χ3v) is 6.42. The van der Waals surface area contributed by atoms with E-state index in [2.05, 4.69) is 9.88 Å². The van der Waals surface area contributed by atoms with Crippen molar-refractivity contribution in [2.24, 2.45) is 0 Å². The average Bonchev–Trinajstić information content (AvgIpc) is 3.12. The number of nitrogens with zero attached hydrogens (tertiary/aromatic N) is 3. The van der Waals surface area contributed by atoms with Crippen LogP contribution < -0.4 is 5.43 Å². The Morgan fingerprint density at radius 1 is 1.12 bits per heavy atom. The van der Waals surface area contributed by atoms with Crippen molar-refractivity contribution in [3.63, 3.8) is 0 Å². The van der Waals surface area contributed by atoms with E-state index < -0.39 is 6.04 Å². The first kappa shape index (κ1) is 20.8. The number of carbonyl (C=O) groups excluding carboxylic acids is 1. The Kier molecular flexibility index (Phi) is 5.76. The standard InChI is InChI=1S/C25H27N3O4/c1-2-17-6-7-20-19(15-17)23(29)21-22(18-5-3-8-26-16-18)28(25(30)24(21)32-20)10-4-9-27-11-13-31-14-12-27/h3,5-8,15-16,22H,2,4,9-14H2,1H3. The zero-order valence-electron chi connectivity index (χ0n) is 18.3. The Hall–Kier alpha value is -3.03. The number of rotatable bonds is 6. The molecule has 0 aliphatic carbocycles. The van der Waals surface area contributed by atoms with Crippen LogP contribution in [0.3, 0.4) is 0 Å². The van der Waals surface area contributed by atoms with Gasteiger partial charge in [0.25, 0.3) is 5.91 Å². The molecule has 0 bridgehead atoms. The van der Waals surface area contributed by atoms with Gasteiger partial charge >= 0.3 is 0 Å². The molecule has 166 valence electrons. The SMILES string of the molecule is CCc1ccc2oc3c(c(=O)c2c1)C(c1cccnc1)N(CCCN1CCOCC1)C3=O. The Morgan fingerprint density at radius 2 is 1.97 bits per heavy atom. The number of aromatic nitrogens is 1. The maximum atomic E-state index is 13.6. The highest BCUT2D eigenvalue weighted by atomic mass is 16.5. The molecular weight excluding hydrogens is 406 g/mol. The first-order valence-corrected chi connectivity index (χ1v) is 11.3. The van der Waals surface area contributed by atoms with E-state index in [1.807, 2.05) is 31.2 Å². The van der Waals surface area contributed by atoms with E-state index in [4.69, 9.17) is 9.15 Å². The van der Waals surface area contributed by atoms with Crippen molar-refractivity contribution >= 4 is 16.9 Å². The molecule has 32 heavy (non-hydrogen) atoms. The van der Waals surface area contributed by atoms with Crippen molar-refractivity contribution in [2.45, 2.75) is 25.8 Å². The van der Waals surface area contributed by atoms with Gasteiger partial charge in [-0.2, -0.15) is 0 Å². The lowest BCUT2D eigenvalue weighted by atomic mass is 9.99. The number of pyridine rings is 1. The highest BCUT2D eigenvalue weighted by Gasteiger charge is 2.42. The molecule has 1 atom stereocenters. The van der Waals surface area contributed by atoms with Crippen molar-refractivity contribution < 1.29 is 13.9 Å². The number of carbonyl (C=O) groups is 1. The summed E-state index contributed by atoms with van der Waals surface area (Å²) < 4.78 is 11.5. The molecule has 3 aromatic rings. The molecule has 1 saturated heterocycles. The summed E-state index contributed by atoms with van der Waals surface area (Å²) >= 11 is 0. The molecule has 2 aliphatic heterocycles. The highest BCUT2D eigenvalue weighted by Crippen LogP contribution is 2.38. The van der Waals surface area contributed by atoms with Crippen LogP contribution in [0.4, 0.5) is 0 Å². The van der Waals surface area contributed by atoms with Crippen LogP contribution >= 0.6 is 0 Å². The van der Waals surface area contributed by atoms with Crippen molar-refractivity contribution in [1.29, 1.82) is 0 Å². The van der Waals surface area contributed by atoms with Crippen molar-refractivity contribution in [3.8, 4) is 0 Å². The predicted octanol–water partition coefficient (Wildman–Crippen LogP) is 3.02. The Labute approximate surface area is 186 Å². The van der Waals surface area contributed by atoms with E-state index in [0.29, 0.717) is 23.1 Å². The van der Waals surface area contributed by atoms with Gasteiger partial charge in [-0.1, -0.05) is 19.1 Å². The highest BCUT2D eigenvalue weighted by molar-refractivity contribution is 5.99. The first-order chi connectivity index (χ1) is 15.7. The summed E-state index contributed by atoms with van der Waals surface area (Å²) in [6, 6.07) is 8.89. The lowest BCUT2D eigenvalue weighted by molar-refractivity contribution is 0.0353. The minimum atomic E-state index is -0.484. The molecule has 7 nitrogen and oxygen atoms in total. The number of morpholine rings is 1. The Morgan fingerprint density at radius 3 is 2.72 bits per heavy atom. The number of hydrogen-bond acceptors (Lipinski definition) is 6. The summed E-state index contributed by atoms with van der Waals surface area (Å²) in [4.78, 5) is 35.4. The van der Waals surface area contributed by atoms with Crippen LogP contribution in [-0.4, -0.2) is 60.1 Å². The molecule has 1 amide bonds. The molecule has 2 aliphatic rings.